The van der Waals surface area contributed by atoms with E-state index in [-0.39, 0.29) is 0 Å². The summed E-state index contributed by atoms with van der Waals surface area (Å²) < 4.78 is 51.7. The fourth-order valence-electron chi connectivity index (χ4n) is 0. The normalized spacial score (nSPS) is 10.0. The minimum atomic E-state index is -3.67. The van der Waals surface area contributed by atoms with Crippen LogP contribution in [-0.2, 0) is 20.2 Å². The molecular formula is C4H12O6S2. The molecule has 0 heterocycles. The molecule has 0 amide bonds. The third-order valence-electron chi connectivity index (χ3n) is 0. The molecule has 0 spiro atoms. The van der Waals surface area contributed by atoms with Crippen molar-refractivity contribution in [3.8, 4) is 0 Å². The Hall–Kier alpha value is -0.440. The third kappa shape index (κ3) is 3620. The fourth-order valence-corrected chi connectivity index (χ4v) is 0. The summed E-state index contributed by atoms with van der Waals surface area (Å²) in [5.41, 5.74) is 0. The molecule has 0 fully saturated rings. The van der Waals surface area contributed by atoms with E-state index in [0.29, 0.717) is 12.5 Å². The molecule has 0 saturated heterocycles. The second-order valence-corrected chi connectivity index (χ2v) is 4.40. The quantitative estimate of drug-likeness (QED) is 0.432. The summed E-state index contributed by atoms with van der Waals surface area (Å²) in [4.78, 5) is 0. The van der Waals surface area contributed by atoms with Crippen LogP contribution in [0.1, 0.15) is 0 Å². The molecule has 8 heteroatoms. The Bertz CT molecular complexity index is 227. The van der Waals surface area contributed by atoms with Crippen molar-refractivity contribution in [3.63, 3.8) is 0 Å². The molecule has 12 heavy (non-hydrogen) atoms. The highest BCUT2D eigenvalue weighted by atomic mass is 32.2. The van der Waals surface area contributed by atoms with Gasteiger partial charge in [-0.2, -0.15) is 16.8 Å². The van der Waals surface area contributed by atoms with Gasteiger partial charge >= 0.3 is 0 Å². The molecule has 2 N–H and O–H groups in total. The van der Waals surface area contributed by atoms with Gasteiger partial charge in [0.15, 0.2) is 0 Å². The summed E-state index contributed by atoms with van der Waals surface area (Å²) in [7, 11) is -7.33. The zero-order chi connectivity index (χ0) is 11.0. The Morgan fingerprint density at radius 1 is 0.833 bits per heavy atom. The summed E-state index contributed by atoms with van der Waals surface area (Å²) >= 11 is 0. The van der Waals surface area contributed by atoms with Crippen molar-refractivity contribution < 1.29 is 25.9 Å². The highest BCUT2D eigenvalue weighted by Gasteiger charge is 1.81. The lowest BCUT2D eigenvalue weighted by Crippen LogP contribution is -1.88. The number of hydrogen-bond donors (Lipinski definition) is 2. The summed E-state index contributed by atoms with van der Waals surface area (Å²) in [6.07, 6.45) is 1.43. The van der Waals surface area contributed by atoms with E-state index in [1.807, 2.05) is 0 Å². The van der Waals surface area contributed by atoms with E-state index in [4.69, 9.17) is 9.11 Å². The molecule has 0 aliphatic heterocycles. The molecule has 0 aromatic heterocycles. The summed E-state index contributed by atoms with van der Waals surface area (Å²) in [6, 6.07) is 0. The average molecular weight is 220 g/mol. The van der Waals surface area contributed by atoms with E-state index >= 15 is 0 Å². The lowest BCUT2D eigenvalue weighted by molar-refractivity contribution is 0.488. The van der Waals surface area contributed by atoms with Crippen molar-refractivity contribution in [2.24, 2.45) is 0 Å². The van der Waals surface area contributed by atoms with Crippen molar-refractivity contribution in [2.45, 2.75) is 0 Å². The SMILES string of the molecule is C=C.CS(=O)(=O)O.CS(=O)(=O)O. The molecule has 6 nitrogen and oxygen atoms in total. The second kappa shape index (κ2) is 7.22. The molecule has 0 aliphatic carbocycles. The third-order valence-corrected chi connectivity index (χ3v) is 0. The maximum absolute atomic E-state index is 9.19. The van der Waals surface area contributed by atoms with E-state index in [0.717, 1.165) is 0 Å². The van der Waals surface area contributed by atoms with E-state index in [1.165, 1.54) is 0 Å². The van der Waals surface area contributed by atoms with E-state index in [9.17, 15) is 16.8 Å². The van der Waals surface area contributed by atoms with Gasteiger partial charge in [0.05, 0.1) is 12.5 Å². The van der Waals surface area contributed by atoms with Gasteiger partial charge in [0, 0.05) is 0 Å². The zero-order valence-corrected chi connectivity index (χ0v) is 8.39. The second-order valence-electron chi connectivity index (χ2n) is 1.47. The topological polar surface area (TPSA) is 109 Å². The first-order valence-corrected chi connectivity index (χ1v) is 6.04. The largest absolute Gasteiger partial charge is 0.286 e. The summed E-state index contributed by atoms with van der Waals surface area (Å²) in [6.45, 7) is 6.00. The van der Waals surface area contributed by atoms with Gasteiger partial charge in [0.25, 0.3) is 20.2 Å². The van der Waals surface area contributed by atoms with Crippen molar-refractivity contribution in [2.75, 3.05) is 12.5 Å². The van der Waals surface area contributed by atoms with Crippen LogP contribution in [0.25, 0.3) is 0 Å². The predicted molar refractivity (Wildman–Crippen MR) is 46.2 cm³/mol. The van der Waals surface area contributed by atoms with Crippen molar-refractivity contribution in [3.05, 3.63) is 13.2 Å². The minimum Gasteiger partial charge on any atom is -0.286 e. The lowest BCUT2D eigenvalue weighted by Gasteiger charge is -1.69. The maximum Gasteiger partial charge on any atom is 0.261 e. The molecule has 0 aliphatic rings. The van der Waals surface area contributed by atoms with Gasteiger partial charge in [-0.05, 0) is 0 Å². The van der Waals surface area contributed by atoms with Crippen LogP contribution in [0.5, 0.6) is 0 Å². The highest BCUT2D eigenvalue weighted by Crippen LogP contribution is 1.60. The predicted octanol–water partition coefficient (Wildman–Crippen LogP) is -0.190. The molecular weight excluding hydrogens is 208 g/mol. The summed E-state index contributed by atoms with van der Waals surface area (Å²) in [5, 5.41) is 0. The minimum absolute atomic E-state index is 0.715. The molecule has 0 saturated carbocycles. The molecule has 0 rings (SSSR count). The van der Waals surface area contributed by atoms with Gasteiger partial charge in [-0.15, -0.1) is 13.2 Å². The van der Waals surface area contributed by atoms with E-state index < -0.39 is 20.2 Å². The van der Waals surface area contributed by atoms with Crippen molar-refractivity contribution >= 4 is 20.2 Å². The van der Waals surface area contributed by atoms with Gasteiger partial charge < -0.3 is 0 Å². The number of rotatable bonds is 0. The Kier molecular flexibility index (Phi) is 10.6. The molecule has 0 unspecified atom stereocenters. The van der Waals surface area contributed by atoms with Crippen LogP contribution < -0.4 is 0 Å². The van der Waals surface area contributed by atoms with Gasteiger partial charge in [0.1, 0.15) is 0 Å². The monoisotopic (exact) mass is 220 g/mol. The van der Waals surface area contributed by atoms with Crippen LogP contribution in [0.3, 0.4) is 0 Å². The molecule has 0 aromatic carbocycles. The maximum atomic E-state index is 9.19. The molecule has 76 valence electrons. The van der Waals surface area contributed by atoms with Crippen molar-refractivity contribution in [1.82, 2.24) is 0 Å². The van der Waals surface area contributed by atoms with E-state index in [1.54, 1.807) is 0 Å². The van der Waals surface area contributed by atoms with Crippen molar-refractivity contribution in [1.29, 1.82) is 0 Å². The first-order chi connectivity index (χ1) is 5.00. The molecule has 0 aromatic rings. The fraction of sp³-hybridized carbons (Fsp3) is 0.500. The van der Waals surface area contributed by atoms with Gasteiger partial charge in [-0.3, -0.25) is 9.11 Å². The highest BCUT2D eigenvalue weighted by molar-refractivity contribution is 7.85. The lowest BCUT2D eigenvalue weighted by atomic mass is 11.3. The first-order valence-electron chi connectivity index (χ1n) is 2.35. The Morgan fingerprint density at radius 2 is 0.833 bits per heavy atom. The van der Waals surface area contributed by atoms with Crippen LogP contribution in [0.4, 0.5) is 0 Å². The van der Waals surface area contributed by atoms with Gasteiger partial charge in [-0.1, -0.05) is 0 Å². The first kappa shape index (κ1) is 17.6. The Balaban J connectivity index is -0.000000112. The van der Waals surface area contributed by atoms with Crippen LogP contribution in [0.2, 0.25) is 0 Å². The number of hydrogen-bond acceptors (Lipinski definition) is 4. The smallest absolute Gasteiger partial charge is 0.261 e. The molecule has 0 radical (unpaired) electrons. The van der Waals surface area contributed by atoms with E-state index in [2.05, 4.69) is 13.2 Å². The van der Waals surface area contributed by atoms with Crippen LogP contribution >= 0.6 is 0 Å². The zero-order valence-electron chi connectivity index (χ0n) is 6.76. The van der Waals surface area contributed by atoms with Gasteiger partial charge in [-0.25, -0.2) is 0 Å². The van der Waals surface area contributed by atoms with Crippen LogP contribution in [0.15, 0.2) is 13.2 Å². The average Bonchev–Trinajstić information content (AvgIpc) is 1.59. The Morgan fingerprint density at radius 3 is 0.833 bits per heavy atom. The van der Waals surface area contributed by atoms with Crippen LogP contribution in [-0.4, -0.2) is 38.5 Å². The summed E-state index contributed by atoms with van der Waals surface area (Å²) in [5.74, 6) is 0. The standard InChI is InChI=1S/C2H4.2CH4O3S/c1-2;2*1-5(2,3)4/h1-2H2;2*1H3,(H,2,3,4). The Labute approximate surface area is 72.4 Å². The molecule has 0 atom stereocenters. The van der Waals surface area contributed by atoms with Gasteiger partial charge in [0.2, 0.25) is 0 Å². The van der Waals surface area contributed by atoms with Crippen LogP contribution in [0, 0.1) is 0 Å². The molecule has 0 bridgehead atoms.